The second kappa shape index (κ2) is 8.24. The summed E-state index contributed by atoms with van der Waals surface area (Å²) in [5.74, 6) is 0.628. The lowest BCUT2D eigenvalue weighted by molar-refractivity contribution is 0.0941. The first-order valence-corrected chi connectivity index (χ1v) is 9.43. The second-order valence-corrected chi connectivity index (χ2v) is 6.80. The van der Waals surface area contributed by atoms with Gasteiger partial charge in [0.15, 0.2) is 0 Å². The van der Waals surface area contributed by atoms with Gasteiger partial charge in [0.05, 0.1) is 23.7 Å². The molecule has 8 heteroatoms. The van der Waals surface area contributed by atoms with Crippen molar-refractivity contribution in [3.05, 3.63) is 78.1 Å². The van der Waals surface area contributed by atoms with Crippen LogP contribution < -0.4 is 5.32 Å². The van der Waals surface area contributed by atoms with E-state index in [1.165, 1.54) is 11.0 Å². The van der Waals surface area contributed by atoms with Crippen molar-refractivity contribution in [3.8, 4) is 0 Å². The Labute approximate surface area is 167 Å². The second-order valence-electron chi connectivity index (χ2n) is 6.80. The molecule has 4 aromatic rings. The molecule has 0 aliphatic carbocycles. The van der Waals surface area contributed by atoms with Gasteiger partial charge in [0.25, 0.3) is 5.91 Å². The minimum atomic E-state index is -0.716. The Bertz CT molecular complexity index is 1120. The number of para-hydroxylation sites is 2. The Morgan fingerprint density at radius 3 is 2.69 bits per heavy atom. The normalized spacial score (nSPS) is 12.2. The number of rotatable bonds is 7. The molecule has 4 rings (SSSR count). The maximum absolute atomic E-state index is 12.3. The van der Waals surface area contributed by atoms with Crippen LogP contribution in [-0.4, -0.2) is 41.9 Å². The number of nitrogens with one attached hydrogen (secondary N) is 1. The van der Waals surface area contributed by atoms with Crippen LogP contribution in [0.15, 0.2) is 60.9 Å². The molecule has 8 nitrogen and oxygen atoms in total. The monoisotopic (exact) mass is 390 g/mol. The molecule has 0 unspecified atom stereocenters. The average Bonchev–Trinajstić information content (AvgIpc) is 3.34. The fourth-order valence-electron chi connectivity index (χ4n) is 3.23. The van der Waals surface area contributed by atoms with Gasteiger partial charge in [0.1, 0.15) is 12.2 Å². The van der Waals surface area contributed by atoms with Crippen molar-refractivity contribution in [1.29, 1.82) is 0 Å². The topological polar surface area (TPSA) is 97.9 Å². The number of hydrogen-bond donors (Lipinski definition) is 2. The van der Waals surface area contributed by atoms with Gasteiger partial charge in [0, 0.05) is 20.0 Å². The van der Waals surface area contributed by atoms with Crippen LogP contribution in [0.3, 0.4) is 0 Å². The van der Waals surface area contributed by atoms with Gasteiger partial charge in [-0.2, -0.15) is 0 Å². The molecule has 0 bridgehead atoms. The summed E-state index contributed by atoms with van der Waals surface area (Å²) in [6.07, 6.45) is 1.34. The number of aromatic nitrogens is 5. The summed E-state index contributed by atoms with van der Waals surface area (Å²) >= 11 is 0. The molecule has 0 fully saturated rings. The van der Waals surface area contributed by atoms with Gasteiger partial charge in [0.2, 0.25) is 5.82 Å². The van der Waals surface area contributed by atoms with E-state index >= 15 is 0 Å². The Hall–Kier alpha value is -3.52. The van der Waals surface area contributed by atoms with Crippen molar-refractivity contribution >= 4 is 16.9 Å². The third-order valence-electron chi connectivity index (χ3n) is 4.80. The molecule has 0 aliphatic rings. The minimum absolute atomic E-state index is 0.0789. The van der Waals surface area contributed by atoms with Crippen LogP contribution >= 0.6 is 0 Å². The molecule has 0 saturated carbocycles. The maximum atomic E-state index is 12.3. The van der Waals surface area contributed by atoms with E-state index in [0.717, 1.165) is 22.4 Å². The van der Waals surface area contributed by atoms with Crippen LogP contribution in [0.5, 0.6) is 0 Å². The number of amides is 1. The van der Waals surface area contributed by atoms with Crippen LogP contribution in [0.4, 0.5) is 0 Å². The Balaban J connectivity index is 1.32. The summed E-state index contributed by atoms with van der Waals surface area (Å²) in [7, 11) is 1.97. The number of benzene rings is 2. The molecule has 0 spiro atoms. The van der Waals surface area contributed by atoms with E-state index in [-0.39, 0.29) is 18.3 Å². The number of hydrogen-bond acceptors (Lipinski definition) is 5. The molecule has 2 N–H and O–H groups in total. The first-order valence-electron chi connectivity index (χ1n) is 9.43. The zero-order chi connectivity index (χ0) is 20.2. The molecule has 29 heavy (non-hydrogen) atoms. The summed E-state index contributed by atoms with van der Waals surface area (Å²) in [5.41, 5.74) is 2.79. The predicted molar refractivity (Wildman–Crippen MR) is 108 cm³/mol. The van der Waals surface area contributed by atoms with Crippen molar-refractivity contribution in [3.63, 3.8) is 0 Å². The quantitative estimate of drug-likeness (QED) is 0.502. The standard InChI is InChI=1S/C21H22N6O2/c1-26-17-10-6-5-9-16(17)24-19(26)11-12-22-21(29)20-23-14-27(25-20)13-18(28)15-7-3-2-4-8-15/h2-10,14,18,28H,11-13H2,1H3,(H,22,29)/t18-/m1/s1. The van der Waals surface area contributed by atoms with Gasteiger partial charge in [-0.05, 0) is 17.7 Å². The van der Waals surface area contributed by atoms with Crippen LogP contribution in [0.1, 0.15) is 28.1 Å². The Morgan fingerprint density at radius 1 is 1.14 bits per heavy atom. The zero-order valence-electron chi connectivity index (χ0n) is 16.1. The van der Waals surface area contributed by atoms with Gasteiger partial charge in [-0.3, -0.25) is 4.79 Å². The van der Waals surface area contributed by atoms with Crippen molar-refractivity contribution in [2.45, 2.75) is 19.1 Å². The van der Waals surface area contributed by atoms with Crippen LogP contribution in [-0.2, 0) is 20.0 Å². The number of carbonyl (C=O) groups is 1. The molecule has 0 saturated heterocycles. The van der Waals surface area contributed by atoms with Crippen molar-refractivity contribution < 1.29 is 9.90 Å². The van der Waals surface area contributed by atoms with E-state index < -0.39 is 6.10 Å². The van der Waals surface area contributed by atoms with E-state index in [4.69, 9.17) is 0 Å². The highest BCUT2D eigenvalue weighted by atomic mass is 16.3. The van der Waals surface area contributed by atoms with E-state index in [0.29, 0.717) is 13.0 Å². The number of fused-ring (bicyclic) bond motifs is 1. The van der Waals surface area contributed by atoms with Crippen molar-refractivity contribution in [2.75, 3.05) is 6.54 Å². The summed E-state index contributed by atoms with van der Waals surface area (Å²) in [5, 5.41) is 17.3. The smallest absolute Gasteiger partial charge is 0.290 e. The number of carbonyl (C=O) groups excluding carboxylic acids is 1. The molecule has 1 amide bonds. The fourth-order valence-corrected chi connectivity index (χ4v) is 3.23. The highest BCUT2D eigenvalue weighted by Gasteiger charge is 2.14. The molecule has 0 aliphatic heterocycles. The van der Waals surface area contributed by atoms with Gasteiger partial charge in [-0.1, -0.05) is 42.5 Å². The number of aryl methyl sites for hydroxylation is 1. The largest absolute Gasteiger partial charge is 0.386 e. The molecule has 2 aromatic heterocycles. The minimum Gasteiger partial charge on any atom is -0.386 e. The van der Waals surface area contributed by atoms with Crippen LogP contribution in [0.2, 0.25) is 0 Å². The number of aliphatic hydroxyl groups is 1. The molecule has 148 valence electrons. The molecule has 2 aromatic carbocycles. The molecule has 2 heterocycles. The van der Waals surface area contributed by atoms with Gasteiger partial charge < -0.3 is 15.0 Å². The van der Waals surface area contributed by atoms with Gasteiger partial charge in [-0.15, -0.1) is 5.10 Å². The first kappa shape index (κ1) is 18.8. The highest BCUT2D eigenvalue weighted by molar-refractivity contribution is 5.90. The summed E-state index contributed by atoms with van der Waals surface area (Å²) in [4.78, 5) is 21.0. The summed E-state index contributed by atoms with van der Waals surface area (Å²) in [6.45, 7) is 0.654. The molecule has 0 radical (unpaired) electrons. The fraction of sp³-hybridized carbons (Fsp3) is 0.238. The Morgan fingerprint density at radius 2 is 1.90 bits per heavy atom. The number of imidazole rings is 1. The lowest BCUT2D eigenvalue weighted by atomic mass is 10.1. The third-order valence-corrected chi connectivity index (χ3v) is 4.80. The van der Waals surface area contributed by atoms with E-state index in [1.54, 1.807) is 0 Å². The maximum Gasteiger partial charge on any atom is 0.290 e. The molecular weight excluding hydrogens is 368 g/mol. The van der Waals surface area contributed by atoms with Gasteiger partial charge in [-0.25, -0.2) is 14.6 Å². The lowest BCUT2D eigenvalue weighted by Gasteiger charge is -2.10. The van der Waals surface area contributed by atoms with E-state index in [1.807, 2.05) is 66.2 Å². The third kappa shape index (κ3) is 4.17. The zero-order valence-corrected chi connectivity index (χ0v) is 16.1. The van der Waals surface area contributed by atoms with Crippen LogP contribution in [0.25, 0.3) is 11.0 Å². The molecular formula is C21H22N6O2. The number of aliphatic hydroxyl groups excluding tert-OH is 1. The van der Waals surface area contributed by atoms with Crippen molar-refractivity contribution in [1.82, 2.24) is 29.6 Å². The SMILES string of the molecule is Cn1c(CCNC(=O)c2ncn(C[C@@H](O)c3ccccc3)n2)nc2ccccc21. The molecule has 1 atom stereocenters. The highest BCUT2D eigenvalue weighted by Crippen LogP contribution is 2.15. The first-order chi connectivity index (χ1) is 14.1. The van der Waals surface area contributed by atoms with Gasteiger partial charge >= 0.3 is 0 Å². The average molecular weight is 390 g/mol. The van der Waals surface area contributed by atoms with Crippen molar-refractivity contribution in [2.24, 2.45) is 7.05 Å². The summed E-state index contributed by atoms with van der Waals surface area (Å²) in [6, 6.07) is 17.2. The Kier molecular flexibility index (Phi) is 5.35. The van der Waals surface area contributed by atoms with E-state index in [9.17, 15) is 9.90 Å². The number of nitrogens with zero attached hydrogens (tertiary/aromatic N) is 5. The summed E-state index contributed by atoms with van der Waals surface area (Å²) < 4.78 is 3.50. The van der Waals surface area contributed by atoms with Crippen LogP contribution in [0, 0.1) is 0 Å². The predicted octanol–water partition coefficient (Wildman–Crippen LogP) is 1.87. The van der Waals surface area contributed by atoms with E-state index in [2.05, 4.69) is 20.4 Å². The lowest BCUT2D eigenvalue weighted by Crippen LogP contribution is -2.27.